The van der Waals surface area contributed by atoms with E-state index in [9.17, 15) is 4.79 Å². The number of amides is 1. The van der Waals surface area contributed by atoms with Gasteiger partial charge in [-0.1, -0.05) is 140 Å². The van der Waals surface area contributed by atoms with E-state index in [0.717, 1.165) is 51.4 Å². The fraction of sp³-hybridized carbons (Fsp3) is 0.635. The second kappa shape index (κ2) is 27.3. The van der Waals surface area contributed by atoms with Gasteiger partial charge in [0.05, 0.1) is 5.41 Å². The van der Waals surface area contributed by atoms with Crippen LogP contribution in [-0.2, 0) is 4.79 Å². The Bertz CT molecular complexity index is 1400. The zero-order valence-corrected chi connectivity index (χ0v) is 38.0. The Hall–Kier alpha value is -3.47. The molecule has 3 aromatic rings. The predicted molar refractivity (Wildman–Crippen MR) is 252 cm³/mol. The van der Waals surface area contributed by atoms with Crippen LogP contribution in [0.5, 0.6) is 0 Å². The van der Waals surface area contributed by atoms with Gasteiger partial charge >= 0.3 is 0 Å². The highest BCUT2D eigenvalue weighted by Crippen LogP contribution is 2.35. The third-order valence-electron chi connectivity index (χ3n) is 12.2. The van der Waals surface area contributed by atoms with Gasteiger partial charge in [-0.2, -0.15) is 0 Å². The summed E-state index contributed by atoms with van der Waals surface area (Å²) in [5.74, 6) is 0.275. The molecule has 3 rings (SSSR count). The van der Waals surface area contributed by atoms with Gasteiger partial charge in [-0.05, 0) is 108 Å². The molecule has 0 saturated carbocycles. The number of hydrogen-bond donors (Lipinski definition) is 1. The van der Waals surface area contributed by atoms with E-state index in [4.69, 9.17) is 0 Å². The van der Waals surface area contributed by atoms with Crippen molar-refractivity contribution in [3.63, 3.8) is 0 Å². The van der Waals surface area contributed by atoms with E-state index in [1.165, 1.54) is 124 Å². The van der Waals surface area contributed by atoms with Gasteiger partial charge in [0.2, 0.25) is 5.91 Å². The molecule has 0 aliphatic rings. The van der Waals surface area contributed by atoms with Crippen molar-refractivity contribution in [2.45, 2.75) is 164 Å². The monoisotopic (exact) mass is 781 g/mol. The lowest BCUT2D eigenvalue weighted by atomic mass is 9.84. The second-order valence-electron chi connectivity index (χ2n) is 17.0. The molecule has 0 aromatic heterocycles. The number of anilines is 3. The summed E-state index contributed by atoms with van der Waals surface area (Å²) in [4.78, 5) is 20.6. The van der Waals surface area contributed by atoms with Crippen LogP contribution in [0.3, 0.4) is 0 Å². The Morgan fingerprint density at radius 1 is 0.456 bits per heavy atom. The first-order valence-corrected chi connectivity index (χ1v) is 23.6. The van der Waals surface area contributed by atoms with Crippen molar-refractivity contribution in [3.05, 3.63) is 89.5 Å². The van der Waals surface area contributed by atoms with Crippen LogP contribution in [-0.4, -0.2) is 51.7 Å². The molecule has 0 aliphatic carbocycles. The summed E-state index contributed by atoms with van der Waals surface area (Å²) in [6, 6.07) is 27.5. The average molecular weight is 781 g/mol. The fourth-order valence-corrected chi connectivity index (χ4v) is 8.44. The lowest BCUT2D eigenvalue weighted by molar-refractivity contribution is -0.128. The van der Waals surface area contributed by atoms with Crippen molar-refractivity contribution in [2.75, 3.05) is 60.5 Å². The summed E-state index contributed by atoms with van der Waals surface area (Å²) in [5.41, 5.74) is 7.07. The van der Waals surface area contributed by atoms with E-state index in [1.54, 1.807) is 0 Å². The maximum atomic E-state index is 13.4. The minimum absolute atomic E-state index is 0.123. The molecule has 0 unspecified atom stereocenters. The molecule has 57 heavy (non-hydrogen) atoms. The summed E-state index contributed by atoms with van der Waals surface area (Å²) in [6.45, 7) is 23.8. The molecule has 0 saturated heterocycles. The third kappa shape index (κ3) is 16.4. The van der Waals surface area contributed by atoms with Crippen LogP contribution in [0, 0.1) is 5.41 Å². The Morgan fingerprint density at radius 3 is 1.07 bits per heavy atom. The van der Waals surface area contributed by atoms with Crippen molar-refractivity contribution in [1.29, 1.82) is 0 Å². The highest BCUT2D eigenvalue weighted by Gasteiger charge is 2.30. The van der Waals surface area contributed by atoms with E-state index in [1.807, 2.05) is 0 Å². The molecule has 0 radical (unpaired) electrons. The van der Waals surface area contributed by atoms with Crippen LogP contribution in [0.1, 0.15) is 181 Å². The van der Waals surface area contributed by atoms with Gasteiger partial charge < -0.3 is 20.0 Å². The standard InChI is InChI=1S/C52H84N4O/c1-9-15-16-17-18-19-20-21-22-23-24-25-26-27-28-29-42-53-51(57)52(7,8)43-56(14-6)49-40-34-46(35-41-49)50(44-30-36-47(37-31-44)54(10-2)11-3)45-32-38-48(39-33-45)55(12-4)13-5/h30-41,50H,9-29,42-43H2,1-8H3,(H,53,57). The highest BCUT2D eigenvalue weighted by molar-refractivity contribution is 5.82. The number of nitrogens with zero attached hydrogens (tertiary/aromatic N) is 3. The molecule has 0 bridgehead atoms. The molecule has 0 spiro atoms. The lowest BCUT2D eigenvalue weighted by Crippen LogP contribution is -2.45. The number of rotatable bonds is 31. The van der Waals surface area contributed by atoms with Crippen LogP contribution >= 0.6 is 0 Å². The van der Waals surface area contributed by atoms with E-state index >= 15 is 0 Å². The molecule has 5 nitrogen and oxygen atoms in total. The summed E-state index contributed by atoms with van der Waals surface area (Å²) in [6.07, 6.45) is 21.8. The maximum absolute atomic E-state index is 13.4. The topological polar surface area (TPSA) is 38.8 Å². The van der Waals surface area contributed by atoms with E-state index in [-0.39, 0.29) is 11.8 Å². The molecule has 0 heterocycles. The minimum Gasteiger partial charge on any atom is -0.372 e. The first-order chi connectivity index (χ1) is 27.7. The predicted octanol–water partition coefficient (Wildman–Crippen LogP) is 13.8. The Kier molecular flexibility index (Phi) is 22.9. The van der Waals surface area contributed by atoms with Crippen molar-refractivity contribution in [2.24, 2.45) is 5.41 Å². The highest BCUT2D eigenvalue weighted by atomic mass is 16.2. The van der Waals surface area contributed by atoms with Gasteiger partial charge in [-0.15, -0.1) is 0 Å². The maximum Gasteiger partial charge on any atom is 0.227 e. The Morgan fingerprint density at radius 2 is 0.754 bits per heavy atom. The molecular formula is C52H84N4O. The third-order valence-corrected chi connectivity index (χ3v) is 12.2. The first kappa shape index (κ1) is 47.9. The number of unbranched alkanes of at least 4 members (excludes halogenated alkanes) is 15. The summed E-state index contributed by atoms with van der Waals surface area (Å²) < 4.78 is 0. The van der Waals surface area contributed by atoms with Gasteiger partial charge in [0.25, 0.3) is 0 Å². The zero-order valence-electron chi connectivity index (χ0n) is 38.0. The Labute approximate surface area is 351 Å². The summed E-state index contributed by atoms with van der Waals surface area (Å²) >= 11 is 0. The molecule has 1 amide bonds. The number of benzene rings is 3. The van der Waals surface area contributed by atoms with E-state index in [0.29, 0.717) is 6.54 Å². The molecule has 3 aromatic carbocycles. The molecule has 318 valence electrons. The van der Waals surface area contributed by atoms with Gasteiger partial charge in [0.1, 0.15) is 0 Å². The summed E-state index contributed by atoms with van der Waals surface area (Å²) in [7, 11) is 0. The van der Waals surface area contributed by atoms with E-state index in [2.05, 4.69) is 148 Å². The molecule has 0 fully saturated rings. The Balaban J connectivity index is 1.51. The second-order valence-corrected chi connectivity index (χ2v) is 17.0. The fourth-order valence-electron chi connectivity index (χ4n) is 8.44. The van der Waals surface area contributed by atoms with Crippen LogP contribution in [0.2, 0.25) is 0 Å². The first-order valence-electron chi connectivity index (χ1n) is 23.6. The van der Waals surface area contributed by atoms with Gasteiger partial charge in [0.15, 0.2) is 0 Å². The van der Waals surface area contributed by atoms with Gasteiger partial charge in [-0.3, -0.25) is 4.79 Å². The quantitative estimate of drug-likeness (QED) is 0.0521. The molecular weight excluding hydrogens is 697 g/mol. The average Bonchev–Trinajstić information content (AvgIpc) is 3.23. The number of nitrogens with one attached hydrogen (secondary N) is 1. The number of carbonyl (C=O) groups is 1. The van der Waals surface area contributed by atoms with Crippen LogP contribution in [0.25, 0.3) is 0 Å². The van der Waals surface area contributed by atoms with E-state index < -0.39 is 5.41 Å². The summed E-state index contributed by atoms with van der Waals surface area (Å²) in [5, 5.41) is 3.28. The number of hydrogen-bond acceptors (Lipinski definition) is 4. The SMILES string of the molecule is CCCCCCCCCCCCCCCCCCNC(=O)C(C)(C)CN(CC)c1ccc(C(c2ccc(N(CC)CC)cc2)c2ccc(N(CC)CC)cc2)cc1. The molecule has 0 aliphatic heterocycles. The molecule has 5 heteroatoms. The van der Waals surface area contributed by atoms with Crippen LogP contribution in [0.15, 0.2) is 72.8 Å². The lowest BCUT2D eigenvalue weighted by Gasteiger charge is -2.33. The van der Waals surface area contributed by atoms with Crippen molar-refractivity contribution in [3.8, 4) is 0 Å². The molecule has 1 N–H and O–H groups in total. The largest absolute Gasteiger partial charge is 0.372 e. The minimum atomic E-state index is -0.495. The van der Waals surface area contributed by atoms with Crippen LogP contribution < -0.4 is 20.0 Å². The van der Waals surface area contributed by atoms with Crippen molar-refractivity contribution in [1.82, 2.24) is 5.32 Å². The smallest absolute Gasteiger partial charge is 0.227 e. The number of carbonyl (C=O) groups excluding carboxylic acids is 1. The van der Waals surface area contributed by atoms with Crippen molar-refractivity contribution < 1.29 is 4.79 Å². The van der Waals surface area contributed by atoms with Crippen LogP contribution in [0.4, 0.5) is 17.1 Å². The van der Waals surface area contributed by atoms with Gasteiger partial charge in [-0.25, -0.2) is 0 Å². The zero-order chi connectivity index (χ0) is 41.3. The van der Waals surface area contributed by atoms with Gasteiger partial charge in [0, 0.05) is 68.8 Å². The van der Waals surface area contributed by atoms with Crippen molar-refractivity contribution >= 4 is 23.0 Å². The molecule has 0 atom stereocenters. The normalized spacial score (nSPS) is 11.6.